The fraction of sp³-hybridized carbons (Fsp3) is 0.562. The first kappa shape index (κ1) is 34.0. The molecule has 202 valence electrons. The molecule has 0 saturated heterocycles. The van der Waals surface area contributed by atoms with E-state index in [-0.39, 0.29) is 0 Å². The van der Waals surface area contributed by atoms with Gasteiger partial charge in [0.15, 0.2) is 0 Å². The van der Waals surface area contributed by atoms with Crippen molar-refractivity contribution in [3.05, 3.63) is 64.2 Å². The molecular weight excluding hydrogens is 464 g/mol. The number of hydrogen-bond donors (Lipinski definition) is 1. The number of rotatable bonds is 12. The van der Waals surface area contributed by atoms with E-state index in [1.807, 2.05) is 37.3 Å². The summed E-state index contributed by atoms with van der Waals surface area (Å²) in [5.74, 6) is 0.707. The van der Waals surface area contributed by atoms with Crippen LogP contribution in [0.5, 0.6) is 0 Å². The molecule has 0 unspecified atom stereocenters. The van der Waals surface area contributed by atoms with Crippen LogP contribution in [0, 0.1) is 19.8 Å². The average molecular weight is 515 g/mol. The Morgan fingerprint density at radius 2 is 1.53 bits per heavy atom. The number of carbonyl (C=O) groups is 1. The predicted molar refractivity (Wildman–Crippen MR) is 161 cm³/mol. The Morgan fingerprint density at radius 3 is 2.06 bits per heavy atom. The van der Waals surface area contributed by atoms with Crippen molar-refractivity contribution < 1.29 is 4.79 Å². The molecule has 0 aliphatic heterocycles. The van der Waals surface area contributed by atoms with E-state index in [1.165, 1.54) is 43.5 Å². The summed E-state index contributed by atoms with van der Waals surface area (Å²) in [7, 11) is 0. The van der Waals surface area contributed by atoms with Gasteiger partial charge < -0.3 is 5.32 Å². The van der Waals surface area contributed by atoms with E-state index in [4.69, 9.17) is 11.6 Å². The van der Waals surface area contributed by atoms with Crippen LogP contribution in [0.1, 0.15) is 103 Å². The maximum atomic E-state index is 10.9. The molecule has 0 amide bonds. The minimum Gasteiger partial charge on any atom is -0.317 e. The number of unbranched alkanes of at least 4 members (excludes halogenated alkanes) is 1. The van der Waals surface area contributed by atoms with Gasteiger partial charge in [-0.05, 0) is 90.2 Å². The molecule has 0 aliphatic rings. The molecule has 3 nitrogen and oxygen atoms in total. The van der Waals surface area contributed by atoms with Crippen LogP contribution in [0.25, 0.3) is 0 Å². The third kappa shape index (κ3) is 15.2. The number of aryl methyl sites for hydroxylation is 2. The molecule has 0 heterocycles. The molecule has 0 aromatic heterocycles. The molecule has 2 rings (SSSR count). The summed E-state index contributed by atoms with van der Waals surface area (Å²) >= 11 is 6.22. The quantitative estimate of drug-likeness (QED) is 0.226. The zero-order valence-electron chi connectivity index (χ0n) is 24.2. The SMILES string of the molecule is CC(=Nc1ccccc1C)c1cc(C)ccc1Cl.CCCC(CCC)C(C)=O.CCCCNCCC. The maximum absolute atomic E-state index is 10.9. The number of carbonyl (C=O) groups excluding carboxylic acids is 1. The van der Waals surface area contributed by atoms with Crippen LogP contribution < -0.4 is 5.32 Å². The lowest BCUT2D eigenvalue weighted by molar-refractivity contribution is -0.121. The largest absolute Gasteiger partial charge is 0.317 e. The molecule has 2 aromatic carbocycles. The number of ketones is 1. The second-order valence-corrected chi connectivity index (χ2v) is 9.86. The fourth-order valence-electron chi connectivity index (χ4n) is 3.70. The standard InChI is InChI=1S/C16H16ClN.C9H18O.C7H17N/c1-11-8-9-15(17)14(10-11)13(3)18-16-7-5-4-6-12(16)2;1-4-6-9(7-5-2)8(3)10;1-3-5-7-8-6-4-2/h4-10H,1-3H3;9H,4-7H2,1-3H3;8H,3-7H2,1-2H3. The molecule has 0 atom stereocenters. The van der Waals surface area contributed by atoms with E-state index in [0.717, 1.165) is 47.7 Å². The zero-order valence-corrected chi connectivity index (χ0v) is 25.0. The van der Waals surface area contributed by atoms with Crippen LogP contribution in [0.3, 0.4) is 0 Å². The first-order valence-electron chi connectivity index (χ1n) is 13.8. The van der Waals surface area contributed by atoms with E-state index in [1.54, 1.807) is 6.92 Å². The first-order valence-corrected chi connectivity index (χ1v) is 14.2. The van der Waals surface area contributed by atoms with Gasteiger partial charge in [-0.1, -0.05) is 88.4 Å². The second kappa shape index (κ2) is 21.1. The lowest BCUT2D eigenvalue weighted by Gasteiger charge is -2.09. The Balaban J connectivity index is 0.000000578. The van der Waals surface area contributed by atoms with Crippen LogP contribution in [0.15, 0.2) is 47.5 Å². The van der Waals surface area contributed by atoms with Crippen LogP contribution in [0.4, 0.5) is 5.69 Å². The molecule has 1 N–H and O–H groups in total. The molecule has 0 saturated carbocycles. The molecule has 0 bridgehead atoms. The molecule has 4 heteroatoms. The lowest BCUT2D eigenvalue weighted by Crippen LogP contribution is -2.15. The van der Waals surface area contributed by atoms with Crippen molar-refractivity contribution in [1.82, 2.24) is 5.32 Å². The number of nitrogens with zero attached hydrogens (tertiary/aromatic N) is 1. The van der Waals surface area contributed by atoms with Crippen LogP contribution in [-0.4, -0.2) is 24.6 Å². The molecular formula is C32H51ClN2O. The van der Waals surface area contributed by atoms with Crippen molar-refractivity contribution in [2.24, 2.45) is 10.9 Å². The lowest BCUT2D eigenvalue weighted by atomic mass is 9.95. The van der Waals surface area contributed by atoms with Crippen molar-refractivity contribution in [3.8, 4) is 0 Å². The maximum Gasteiger partial charge on any atom is 0.132 e. The minimum atomic E-state index is 0.343. The van der Waals surface area contributed by atoms with E-state index >= 15 is 0 Å². The second-order valence-electron chi connectivity index (χ2n) is 9.46. The van der Waals surface area contributed by atoms with Gasteiger partial charge in [-0.2, -0.15) is 0 Å². The molecule has 0 aliphatic carbocycles. The normalized spacial score (nSPS) is 10.9. The number of aliphatic imine (C=N–C) groups is 1. The van der Waals surface area contributed by atoms with E-state index in [2.05, 4.69) is 64.0 Å². The summed E-state index contributed by atoms with van der Waals surface area (Å²) in [4.78, 5) is 15.6. The zero-order chi connectivity index (χ0) is 27.3. The Labute approximate surface area is 227 Å². The van der Waals surface area contributed by atoms with Gasteiger partial charge in [-0.3, -0.25) is 9.79 Å². The Morgan fingerprint density at radius 1 is 0.889 bits per heavy atom. The molecule has 2 aromatic rings. The third-order valence-corrected chi connectivity index (χ3v) is 6.23. The topological polar surface area (TPSA) is 41.5 Å². The minimum absolute atomic E-state index is 0.343. The molecule has 0 spiro atoms. The molecule has 0 fully saturated rings. The number of halogens is 1. The third-order valence-electron chi connectivity index (χ3n) is 5.90. The van der Waals surface area contributed by atoms with Gasteiger partial charge in [0.25, 0.3) is 0 Å². The van der Waals surface area contributed by atoms with Gasteiger partial charge in [0.05, 0.1) is 5.69 Å². The highest BCUT2D eigenvalue weighted by Crippen LogP contribution is 2.23. The number of para-hydroxylation sites is 1. The summed E-state index contributed by atoms with van der Waals surface area (Å²) in [5.41, 5.74) is 5.29. The van der Waals surface area contributed by atoms with Crippen molar-refractivity contribution in [3.63, 3.8) is 0 Å². The van der Waals surface area contributed by atoms with Crippen LogP contribution in [0.2, 0.25) is 5.02 Å². The van der Waals surface area contributed by atoms with E-state index in [0.29, 0.717) is 11.7 Å². The summed E-state index contributed by atoms with van der Waals surface area (Å²) < 4.78 is 0. The summed E-state index contributed by atoms with van der Waals surface area (Å²) in [5, 5.41) is 4.08. The highest BCUT2D eigenvalue weighted by atomic mass is 35.5. The van der Waals surface area contributed by atoms with Gasteiger partial charge in [-0.25, -0.2) is 0 Å². The number of nitrogens with one attached hydrogen (secondary N) is 1. The van der Waals surface area contributed by atoms with Gasteiger partial charge in [0, 0.05) is 22.2 Å². The van der Waals surface area contributed by atoms with Crippen molar-refractivity contribution in [2.45, 2.75) is 100 Å². The van der Waals surface area contributed by atoms with E-state index < -0.39 is 0 Å². The van der Waals surface area contributed by atoms with Crippen LogP contribution in [-0.2, 0) is 4.79 Å². The summed E-state index contributed by atoms with van der Waals surface area (Å²) in [6.07, 6.45) is 8.28. The highest BCUT2D eigenvalue weighted by molar-refractivity contribution is 6.34. The Kier molecular flexibility index (Phi) is 20.0. The average Bonchev–Trinajstić information content (AvgIpc) is 2.85. The fourth-order valence-corrected chi connectivity index (χ4v) is 3.95. The number of Topliss-reactive ketones (excluding diaryl/α,β-unsaturated/α-hetero) is 1. The van der Waals surface area contributed by atoms with Gasteiger partial charge in [0.1, 0.15) is 5.78 Å². The molecule has 36 heavy (non-hydrogen) atoms. The van der Waals surface area contributed by atoms with Gasteiger partial charge in [0.2, 0.25) is 0 Å². The summed E-state index contributed by atoms with van der Waals surface area (Å²) in [6.45, 7) is 18.9. The van der Waals surface area contributed by atoms with Crippen LogP contribution >= 0.6 is 11.6 Å². The highest BCUT2D eigenvalue weighted by Gasteiger charge is 2.10. The van der Waals surface area contributed by atoms with Crippen molar-refractivity contribution in [1.29, 1.82) is 0 Å². The summed E-state index contributed by atoms with van der Waals surface area (Å²) in [6, 6.07) is 14.1. The number of hydrogen-bond acceptors (Lipinski definition) is 3. The Hall–Kier alpha value is -1.97. The van der Waals surface area contributed by atoms with Gasteiger partial charge >= 0.3 is 0 Å². The first-order chi connectivity index (χ1) is 17.2. The smallest absolute Gasteiger partial charge is 0.132 e. The van der Waals surface area contributed by atoms with Crippen molar-refractivity contribution >= 4 is 28.8 Å². The monoisotopic (exact) mass is 514 g/mol. The predicted octanol–water partition coefficient (Wildman–Crippen LogP) is 9.68. The number of benzene rings is 2. The Bertz CT molecular complexity index is 879. The van der Waals surface area contributed by atoms with Crippen molar-refractivity contribution in [2.75, 3.05) is 13.1 Å². The van der Waals surface area contributed by atoms with E-state index in [9.17, 15) is 4.79 Å². The molecule has 0 radical (unpaired) electrons. The van der Waals surface area contributed by atoms with Gasteiger partial charge in [-0.15, -0.1) is 0 Å².